The number of hydrogen-bond donors (Lipinski definition) is 1. The molecule has 1 fully saturated rings. The van der Waals surface area contributed by atoms with E-state index < -0.39 is 6.36 Å². The van der Waals surface area contributed by atoms with Crippen molar-refractivity contribution in [1.29, 1.82) is 0 Å². The number of amides is 2. The number of halogens is 3. The summed E-state index contributed by atoms with van der Waals surface area (Å²) in [5.41, 5.74) is 0.348. The van der Waals surface area contributed by atoms with Gasteiger partial charge < -0.3 is 15.0 Å². The van der Waals surface area contributed by atoms with Crippen LogP contribution in [0.5, 0.6) is 5.75 Å². The molecule has 6 nitrogen and oxygen atoms in total. The number of piperidine rings is 1. The third-order valence-electron chi connectivity index (χ3n) is 4.61. The molecular formula is C19H26F3N3O3. The minimum Gasteiger partial charge on any atom is -0.406 e. The largest absolute Gasteiger partial charge is 0.573 e. The zero-order valence-electron chi connectivity index (χ0n) is 16.1. The summed E-state index contributed by atoms with van der Waals surface area (Å²) in [5, 5.41) is 2.59. The number of nitrogens with zero attached hydrogens (tertiary/aromatic N) is 2. The second kappa shape index (κ2) is 9.77. The van der Waals surface area contributed by atoms with Crippen LogP contribution in [0.15, 0.2) is 24.3 Å². The summed E-state index contributed by atoms with van der Waals surface area (Å²) < 4.78 is 40.2. The molecule has 0 aromatic heterocycles. The van der Waals surface area contributed by atoms with Crippen LogP contribution in [-0.4, -0.2) is 60.7 Å². The summed E-state index contributed by atoms with van der Waals surface area (Å²) in [6, 6.07) is 5.16. The average Bonchev–Trinajstić information content (AvgIpc) is 2.61. The average molecular weight is 401 g/mol. The summed E-state index contributed by atoms with van der Waals surface area (Å²) in [6.45, 7) is 2.96. The Morgan fingerprint density at radius 1 is 1.21 bits per heavy atom. The van der Waals surface area contributed by atoms with Crippen molar-refractivity contribution >= 4 is 17.5 Å². The smallest absolute Gasteiger partial charge is 0.406 e. The van der Waals surface area contributed by atoms with Gasteiger partial charge in [0.2, 0.25) is 11.8 Å². The fourth-order valence-corrected chi connectivity index (χ4v) is 3.32. The second-order valence-electron chi connectivity index (χ2n) is 6.94. The topological polar surface area (TPSA) is 61.9 Å². The zero-order valence-corrected chi connectivity index (χ0v) is 16.1. The lowest BCUT2D eigenvalue weighted by atomic mass is 10.00. The van der Waals surface area contributed by atoms with E-state index >= 15 is 0 Å². The molecule has 1 heterocycles. The summed E-state index contributed by atoms with van der Waals surface area (Å²) in [7, 11) is 1.68. The molecule has 2 amide bonds. The zero-order chi connectivity index (χ0) is 20.7. The van der Waals surface area contributed by atoms with Crippen LogP contribution in [-0.2, 0) is 9.59 Å². The van der Waals surface area contributed by atoms with E-state index in [1.807, 2.05) is 4.90 Å². The first-order valence-electron chi connectivity index (χ1n) is 9.31. The van der Waals surface area contributed by atoms with Crippen LogP contribution in [0.1, 0.15) is 32.6 Å². The van der Waals surface area contributed by atoms with Crippen molar-refractivity contribution in [3.63, 3.8) is 0 Å². The minimum absolute atomic E-state index is 0.00280. The maximum absolute atomic E-state index is 12.5. The number of likely N-dealkylation sites (tertiary alicyclic amines) is 1. The van der Waals surface area contributed by atoms with Crippen molar-refractivity contribution < 1.29 is 27.5 Å². The van der Waals surface area contributed by atoms with Crippen LogP contribution in [0.4, 0.5) is 18.9 Å². The van der Waals surface area contributed by atoms with Crippen molar-refractivity contribution in [1.82, 2.24) is 9.80 Å². The lowest BCUT2D eigenvalue weighted by molar-refractivity contribution is -0.274. The monoisotopic (exact) mass is 401 g/mol. The van der Waals surface area contributed by atoms with E-state index in [-0.39, 0.29) is 36.7 Å². The highest BCUT2D eigenvalue weighted by atomic mass is 19.4. The molecule has 0 aliphatic carbocycles. The van der Waals surface area contributed by atoms with Crippen molar-refractivity contribution in [2.45, 2.75) is 45.0 Å². The highest BCUT2D eigenvalue weighted by molar-refractivity contribution is 5.92. The van der Waals surface area contributed by atoms with E-state index in [1.54, 1.807) is 11.9 Å². The number of carbonyl (C=O) groups is 2. The van der Waals surface area contributed by atoms with E-state index in [1.165, 1.54) is 12.1 Å². The van der Waals surface area contributed by atoms with E-state index in [4.69, 9.17) is 0 Å². The second-order valence-corrected chi connectivity index (χ2v) is 6.94. The van der Waals surface area contributed by atoms with Gasteiger partial charge in [0.1, 0.15) is 5.75 Å². The summed E-state index contributed by atoms with van der Waals surface area (Å²) in [6.07, 6.45) is -0.691. The first-order chi connectivity index (χ1) is 13.2. The molecule has 0 unspecified atom stereocenters. The van der Waals surface area contributed by atoms with Gasteiger partial charge in [-0.15, -0.1) is 13.2 Å². The van der Waals surface area contributed by atoms with E-state index in [0.717, 1.165) is 44.4 Å². The molecule has 0 bridgehead atoms. The summed E-state index contributed by atoms with van der Waals surface area (Å²) >= 11 is 0. The molecule has 1 saturated heterocycles. The molecule has 1 aliphatic rings. The highest BCUT2D eigenvalue weighted by Crippen LogP contribution is 2.24. The van der Waals surface area contributed by atoms with Gasteiger partial charge in [0.25, 0.3) is 0 Å². The Balaban J connectivity index is 1.81. The Morgan fingerprint density at radius 3 is 2.50 bits per heavy atom. The van der Waals surface area contributed by atoms with E-state index in [9.17, 15) is 22.8 Å². The van der Waals surface area contributed by atoms with Gasteiger partial charge in [-0.05, 0) is 57.0 Å². The first-order valence-corrected chi connectivity index (χ1v) is 9.31. The predicted octanol–water partition coefficient (Wildman–Crippen LogP) is 3.25. The molecule has 28 heavy (non-hydrogen) atoms. The molecule has 0 saturated carbocycles. The molecule has 1 atom stereocenters. The molecule has 1 aromatic rings. The van der Waals surface area contributed by atoms with Crippen LogP contribution in [0.3, 0.4) is 0 Å². The Bertz CT molecular complexity index is 665. The lowest BCUT2D eigenvalue weighted by Crippen LogP contribution is -2.48. The third kappa shape index (κ3) is 7.03. The Labute approximate surface area is 162 Å². The number of likely N-dealkylation sites (N-methyl/N-ethyl adjacent to an activating group) is 1. The van der Waals surface area contributed by atoms with E-state index in [0.29, 0.717) is 5.69 Å². The maximum Gasteiger partial charge on any atom is 0.573 e. The molecule has 1 aromatic carbocycles. The van der Waals surface area contributed by atoms with E-state index in [2.05, 4.69) is 17.0 Å². The quantitative estimate of drug-likeness (QED) is 0.762. The Hall–Kier alpha value is -2.29. The number of nitrogens with one attached hydrogen (secondary N) is 1. The molecule has 1 N–H and O–H groups in total. The molecule has 2 rings (SSSR count). The normalized spacial score (nSPS) is 17.5. The number of rotatable bonds is 7. The number of alkyl halides is 3. The SMILES string of the molecule is CC[C@H]1CCCCN1C(=O)CN(C)CC(=O)Nc1ccc(OC(F)(F)F)cc1. The van der Waals surface area contributed by atoms with Crippen molar-refractivity contribution in [2.24, 2.45) is 0 Å². The standard InChI is InChI=1S/C19H26F3N3O3/c1-3-15-6-4-5-11-25(15)18(27)13-24(2)12-17(26)23-14-7-9-16(10-8-14)28-19(20,21)22/h7-10,15H,3-6,11-13H2,1-2H3,(H,23,26)/t15-/m0/s1. The Kier molecular flexibility index (Phi) is 7.68. The molecule has 0 radical (unpaired) electrons. The molecule has 9 heteroatoms. The fourth-order valence-electron chi connectivity index (χ4n) is 3.32. The van der Waals surface area contributed by atoms with Gasteiger partial charge in [-0.2, -0.15) is 0 Å². The maximum atomic E-state index is 12.5. The van der Waals surface area contributed by atoms with Crippen molar-refractivity contribution in [3.8, 4) is 5.75 Å². The van der Waals surface area contributed by atoms with Crippen molar-refractivity contribution in [3.05, 3.63) is 24.3 Å². The molecule has 156 valence electrons. The summed E-state index contributed by atoms with van der Waals surface area (Å²) in [5.74, 6) is -0.707. The number of carbonyl (C=O) groups excluding carboxylic acids is 2. The first kappa shape index (κ1) is 22.0. The van der Waals surface area contributed by atoms with Gasteiger partial charge in [-0.1, -0.05) is 6.92 Å². The van der Waals surface area contributed by atoms with Crippen LogP contribution in [0, 0.1) is 0 Å². The number of anilines is 1. The molecular weight excluding hydrogens is 375 g/mol. The van der Waals surface area contributed by atoms with Crippen LogP contribution >= 0.6 is 0 Å². The van der Waals surface area contributed by atoms with Crippen LogP contribution in [0.2, 0.25) is 0 Å². The highest BCUT2D eigenvalue weighted by Gasteiger charge is 2.31. The summed E-state index contributed by atoms with van der Waals surface area (Å²) in [4.78, 5) is 28.2. The lowest BCUT2D eigenvalue weighted by Gasteiger charge is -2.36. The van der Waals surface area contributed by atoms with Crippen LogP contribution < -0.4 is 10.1 Å². The van der Waals surface area contributed by atoms with Gasteiger partial charge >= 0.3 is 6.36 Å². The van der Waals surface area contributed by atoms with Gasteiger partial charge in [0, 0.05) is 18.3 Å². The number of hydrogen-bond acceptors (Lipinski definition) is 4. The molecule has 0 spiro atoms. The van der Waals surface area contributed by atoms with Gasteiger partial charge in [-0.3, -0.25) is 14.5 Å². The van der Waals surface area contributed by atoms with Gasteiger partial charge in [0.05, 0.1) is 13.1 Å². The Morgan fingerprint density at radius 2 is 1.89 bits per heavy atom. The molecule has 1 aliphatic heterocycles. The fraction of sp³-hybridized carbons (Fsp3) is 0.579. The van der Waals surface area contributed by atoms with Crippen molar-refractivity contribution in [2.75, 3.05) is 32.0 Å². The van der Waals surface area contributed by atoms with Gasteiger partial charge in [-0.25, -0.2) is 0 Å². The minimum atomic E-state index is -4.76. The van der Waals surface area contributed by atoms with Crippen LogP contribution in [0.25, 0.3) is 0 Å². The number of ether oxygens (including phenoxy) is 1. The third-order valence-corrected chi connectivity index (χ3v) is 4.61. The number of benzene rings is 1. The van der Waals surface area contributed by atoms with Gasteiger partial charge in [0.15, 0.2) is 0 Å². The predicted molar refractivity (Wildman–Crippen MR) is 98.9 cm³/mol.